The number of carboxylic acids is 1. The van der Waals surface area contributed by atoms with E-state index < -0.39 is 17.6 Å². The summed E-state index contributed by atoms with van der Waals surface area (Å²) in [4.78, 5) is 23.9. The number of nitrogens with zero attached hydrogens (tertiary/aromatic N) is 5. The minimum absolute atomic E-state index is 0.0978. The van der Waals surface area contributed by atoms with Crippen molar-refractivity contribution < 1.29 is 9.90 Å². The van der Waals surface area contributed by atoms with Gasteiger partial charge in [0.2, 0.25) is 0 Å². The number of hydrogen-bond acceptors (Lipinski definition) is 5. The molecule has 3 aromatic rings. The highest BCUT2D eigenvalue weighted by molar-refractivity contribution is 5.76. The van der Waals surface area contributed by atoms with Gasteiger partial charge in [0.05, 0.1) is 6.20 Å². The van der Waals surface area contributed by atoms with Crippen molar-refractivity contribution in [2.75, 3.05) is 0 Å². The smallest absolute Gasteiger partial charge is 0.327 e. The average Bonchev–Trinajstić information content (AvgIpc) is 2.89. The molecule has 8 nitrogen and oxygen atoms in total. The lowest BCUT2D eigenvalue weighted by Gasteiger charge is -2.19. The largest absolute Gasteiger partial charge is 0.480 e. The Bertz CT molecular complexity index is 896. The first-order valence-electron chi connectivity index (χ1n) is 6.45. The molecule has 0 aromatic carbocycles. The van der Waals surface area contributed by atoms with E-state index in [4.69, 9.17) is 0 Å². The summed E-state index contributed by atoms with van der Waals surface area (Å²) in [6.07, 6.45) is 3.02. The molecule has 108 valence electrons. The van der Waals surface area contributed by atoms with Gasteiger partial charge in [0.25, 0.3) is 5.56 Å². The van der Waals surface area contributed by atoms with Crippen LogP contribution in [0.2, 0.25) is 0 Å². The molecule has 3 rings (SSSR count). The molecule has 0 aliphatic carbocycles. The molecule has 0 aliphatic rings. The second-order valence-electron chi connectivity index (χ2n) is 5.09. The Hall–Kier alpha value is -2.77. The summed E-state index contributed by atoms with van der Waals surface area (Å²) in [6, 6.07) is 2.35. The van der Waals surface area contributed by atoms with Crippen LogP contribution in [0.3, 0.4) is 0 Å². The van der Waals surface area contributed by atoms with Crippen molar-refractivity contribution in [2.45, 2.75) is 19.9 Å². The maximum Gasteiger partial charge on any atom is 0.327 e. The van der Waals surface area contributed by atoms with Crippen LogP contribution in [0.5, 0.6) is 0 Å². The Morgan fingerprint density at radius 3 is 2.71 bits per heavy atom. The molecular weight excluding hydrogens is 274 g/mol. The molecule has 0 radical (unpaired) electrons. The first kappa shape index (κ1) is 13.2. The van der Waals surface area contributed by atoms with Crippen molar-refractivity contribution in [1.29, 1.82) is 0 Å². The van der Waals surface area contributed by atoms with Crippen molar-refractivity contribution in [3.05, 3.63) is 34.9 Å². The fraction of sp³-hybridized carbons (Fsp3) is 0.308. The minimum atomic E-state index is -1.06. The molecule has 0 saturated heterocycles. The Morgan fingerprint density at radius 1 is 1.29 bits per heavy atom. The zero-order chi connectivity index (χ0) is 15.1. The summed E-state index contributed by atoms with van der Waals surface area (Å²) in [5.41, 5.74) is 0.636. The third-order valence-electron chi connectivity index (χ3n) is 3.36. The molecule has 0 amide bonds. The summed E-state index contributed by atoms with van der Waals surface area (Å²) in [6.45, 7) is 3.50. The van der Waals surface area contributed by atoms with Crippen LogP contribution in [0.1, 0.15) is 19.9 Å². The highest BCUT2D eigenvalue weighted by Gasteiger charge is 2.25. The highest BCUT2D eigenvalue weighted by Crippen LogP contribution is 2.17. The maximum absolute atomic E-state index is 12.5. The van der Waals surface area contributed by atoms with E-state index in [2.05, 4.69) is 15.3 Å². The Labute approximate surface area is 118 Å². The molecule has 0 bridgehead atoms. The third kappa shape index (κ3) is 1.95. The monoisotopic (exact) mass is 287 g/mol. The van der Waals surface area contributed by atoms with Gasteiger partial charge in [-0.25, -0.2) is 9.31 Å². The second-order valence-corrected chi connectivity index (χ2v) is 5.09. The van der Waals surface area contributed by atoms with Crippen LogP contribution in [0.15, 0.2) is 29.3 Å². The molecule has 3 aromatic heterocycles. The summed E-state index contributed by atoms with van der Waals surface area (Å²) >= 11 is 0. The second kappa shape index (κ2) is 4.65. The number of pyridine rings is 1. The van der Waals surface area contributed by atoms with E-state index in [9.17, 15) is 14.7 Å². The fourth-order valence-electron chi connectivity index (χ4n) is 2.40. The van der Waals surface area contributed by atoms with Gasteiger partial charge in [-0.15, -0.1) is 10.2 Å². The number of aromatic nitrogens is 5. The summed E-state index contributed by atoms with van der Waals surface area (Å²) in [5, 5.41) is 21.2. The van der Waals surface area contributed by atoms with Crippen molar-refractivity contribution in [1.82, 2.24) is 24.4 Å². The van der Waals surface area contributed by atoms with Crippen molar-refractivity contribution in [3.8, 4) is 0 Å². The molecular formula is C13H13N5O3. The van der Waals surface area contributed by atoms with E-state index in [1.54, 1.807) is 32.2 Å². The number of rotatable bonds is 3. The third-order valence-corrected chi connectivity index (χ3v) is 3.36. The summed E-state index contributed by atoms with van der Waals surface area (Å²) in [5.74, 6) is -1.29. The topological polar surface area (TPSA) is 102 Å². The summed E-state index contributed by atoms with van der Waals surface area (Å²) in [7, 11) is 0. The Morgan fingerprint density at radius 2 is 2.05 bits per heavy atom. The molecule has 0 spiro atoms. The Balaban J connectivity index is 2.32. The number of carbonyl (C=O) groups is 1. The van der Waals surface area contributed by atoms with Crippen molar-refractivity contribution in [2.24, 2.45) is 5.92 Å². The molecule has 0 unspecified atom stereocenters. The molecule has 21 heavy (non-hydrogen) atoms. The highest BCUT2D eigenvalue weighted by atomic mass is 16.4. The van der Waals surface area contributed by atoms with Gasteiger partial charge in [0.15, 0.2) is 11.2 Å². The zero-order valence-corrected chi connectivity index (χ0v) is 11.5. The van der Waals surface area contributed by atoms with E-state index >= 15 is 0 Å². The van der Waals surface area contributed by atoms with E-state index in [1.165, 1.54) is 15.3 Å². The van der Waals surface area contributed by atoms with Crippen LogP contribution in [-0.2, 0) is 4.79 Å². The van der Waals surface area contributed by atoms with Gasteiger partial charge in [0.1, 0.15) is 11.6 Å². The van der Waals surface area contributed by atoms with Gasteiger partial charge in [-0.05, 0) is 12.0 Å². The predicted molar refractivity (Wildman–Crippen MR) is 74.1 cm³/mol. The first-order valence-corrected chi connectivity index (χ1v) is 6.45. The SMILES string of the molecule is CC(C)[C@@H](C(=O)O)n1ccc2c(nnc3ccnn32)c1=O. The van der Waals surface area contributed by atoms with Crippen molar-refractivity contribution >= 4 is 22.6 Å². The molecule has 1 atom stereocenters. The number of hydrogen-bond donors (Lipinski definition) is 1. The quantitative estimate of drug-likeness (QED) is 0.761. The van der Waals surface area contributed by atoms with Gasteiger partial charge in [-0.3, -0.25) is 9.36 Å². The van der Waals surface area contributed by atoms with Crippen LogP contribution in [0.4, 0.5) is 0 Å². The lowest BCUT2D eigenvalue weighted by molar-refractivity contribution is -0.142. The standard InChI is InChI=1S/C13H13N5O3/c1-7(2)11(13(20)21)17-6-4-8-10(12(17)19)16-15-9-3-5-14-18(8)9/h3-7,11H,1-2H3,(H,20,21)/t11-/m0/s1. The molecule has 0 aliphatic heterocycles. The van der Waals surface area contributed by atoms with Gasteiger partial charge in [0, 0.05) is 12.3 Å². The lowest BCUT2D eigenvalue weighted by atomic mass is 10.0. The molecule has 1 N–H and O–H groups in total. The van der Waals surface area contributed by atoms with E-state index in [1.807, 2.05) is 0 Å². The van der Waals surface area contributed by atoms with Crippen LogP contribution >= 0.6 is 0 Å². The number of carboxylic acid groups (broad SMARTS) is 1. The number of fused-ring (bicyclic) bond motifs is 3. The first-order chi connectivity index (χ1) is 10.0. The van der Waals surface area contributed by atoms with E-state index in [0.717, 1.165) is 0 Å². The van der Waals surface area contributed by atoms with Gasteiger partial charge >= 0.3 is 5.97 Å². The Kier molecular flexibility index (Phi) is 2.93. The molecule has 0 fully saturated rings. The maximum atomic E-state index is 12.5. The average molecular weight is 287 g/mol. The van der Waals surface area contributed by atoms with Gasteiger partial charge in [-0.1, -0.05) is 13.8 Å². The zero-order valence-electron chi connectivity index (χ0n) is 11.5. The van der Waals surface area contributed by atoms with Gasteiger partial charge < -0.3 is 5.11 Å². The van der Waals surface area contributed by atoms with Crippen LogP contribution in [0, 0.1) is 5.92 Å². The molecule has 0 saturated carbocycles. The van der Waals surface area contributed by atoms with E-state index in [0.29, 0.717) is 11.2 Å². The van der Waals surface area contributed by atoms with Crippen LogP contribution in [-0.4, -0.2) is 35.5 Å². The number of aliphatic carboxylic acids is 1. The molecule has 3 heterocycles. The van der Waals surface area contributed by atoms with Crippen LogP contribution < -0.4 is 5.56 Å². The van der Waals surface area contributed by atoms with Crippen LogP contribution in [0.25, 0.3) is 16.7 Å². The summed E-state index contributed by atoms with van der Waals surface area (Å²) < 4.78 is 2.68. The fourth-order valence-corrected chi connectivity index (χ4v) is 2.40. The normalized spacial score (nSPS) is 13.1. The lowest BCUT2D eigenvalue weighted by Crippen LogP contribution is -2.33. The molecule has 8 heteroatoms. The van der Waals surface area contributed by atoms with E-state index in [-0.39, 0.29) is 11.4 Å². The minimum Gasteiger partial charge on any atom is -0.480 e. The van der Waals surface area contributed by atoms with Crippen molar-refractivity contribution in [3.63, 3.8) is 0 Å². The van der Waals surface area contributed by atoms with Gasteiger partial charge in [-0.2, -0.15) is 5.10 Å². The predicted octanol–water partition coefficient (Wildman–Crippen LogP) is 0.721.